The van der Waals surface area contributed by atoms with E-state index in [2.05, 4.69) is 16.7 Å². The third-order valence-corrected chi connectivity index (χ3v) is 6.77. The Hall–Kier alpha value is -3.87. The van der Waals surface area contributed by atoms with Crippen molar-refractivity contribution in [3.05, 3.63) is 71.8 Å². The lowest BCUT2D eigenvalue weighted by Crippen LogP contribution is -2.42. The van der Waals surface area contributed by atoms with E-state index in [1.165, 1.54) is 0 Å². The molecule has 0 unspecified atom stereocenters. The van der Waals surface area contributed by atoms with Gasteiger partial charge in [0.15, 0.2) is 0 Å². The molecule has 1 saturated heterocycles. The van der Waals surface area contributed by atoms with Crippen molar-refractivity contribution in [1.29, 1.82) is 0 Å². The molecule has 0 aromatic heterocycles. The Kier molecular flexibility index (Phi) is 5.92. The van der Waals surface area contributed by atoms with E-state index in [4.69, 9.17) is 4.74 Å². The molecule has 7 nitrogen and oxygen atoms in total. The Morgan fingerprint density at radius 1 is 1.03 bits per heavy atom. The standard InChI is InChI=1S/C27H27N3O4/c1-34-24-14-12-18(17-7-2-3-8-19(17)24)23-11-6-16-30(23)25(31)15-13-22-27(33)28-21-10-5-4-9-20(21)26(32)29-22/h2-5,7-10,12,14,22-23H,6,11,13,15-16H2,1H3,(H,28,33)(H,29,32)/t22-,23-/m0/s1. The number of likely N-dealkylation sites (tertiary alicyclic amines) is 1. The monoisotopic (exact) mass is 457 g/mol. The molecule has 0 aliphatic carbocycles. The van der Waals surface area contributed by atoms with Gasteiger partial charge in [-0.05, 0) is 48.4 Å². The van der Waals surface area contributed by atoms with E-state index in [0.29, 0.717) is 17.8 Å². The summed E-state index contributed by atoms with van der Waals surface area (Å²) in [5, 5.41) is 7.69. The van der Waals surface area contributed by atoms with Gasteiger partial charge in [-0.25, -0.2) is 0 Å². The fourth-order valence-corrected chi connectivity index (χ4v) is 5.08. The van der Waals surface area contributed by atoms with Gasteiger partial charge >= 0.3 is 0 Å². The summed E-state index contributed by atoms with van der Waals surface area (Å²) in [5.41, 5.74) is 2.03. The van der Waals surface area contributed by atoms with Crippen LogP contribution in [-0.4, -0.2) is 42.3 Å². The fourth-order valence-electron chi connectivity index (χ4n) is 5.08. The van der Waals surface area contributed by atoms with Crippen molar-refractivity contribution in [1.82, 2.24) is 10.2 Å². The van der Waals surface area contributed by atoms with Crippen LogP contribution < -0.4 is 15.4 Å². The molecule has 0 spiro atoms. The van der Waals surface area contributed by atoms with Crippen LogP contribution >= 0.6 is 0 Å². The van der Waals surface area contributed by atoms with Crippen molar-refractivity contribution in [2.75, 3.05) is 19.0 Å². The molecule has 3 aromatic carbocycles. The fraction of sp³-hybridized carbons (Fsp3) is 0.296. The van der Waals surface area contributed by atoms with Gasteiger partial charge in [0.1, 0.15) is 11.8 Å². The average molecular weight is 458 g/mol. The molecule has 0 bridgehead atoms. The van der Waals surface area contributed by atoms with E-state index in [1.807, 2.05) is 35.2 Å². The number of rotatable bonds is 5. The number of fused-ring (bicyclic) bond motifs is 2. The lowest BCUT2D eigenvalue weighted by Gasteiger charge is -2.27. The lowest BCUT2D eigenvalue weighted by molar-refractivity contribution is -0.132. The number of benzene rings is 3. The third kappa shape index (κ3) is 3.98. The van der Waals surface area contributed by atoms with Crippen LogP contribution in [0.5, 0.6) is 5.75 Å². The molecular weight excluding hydrogens is 430 g/mol. The summed E-state index contributed by atoms with van der Waals surface area (Å²) in [5.74, 6) is 0.193. The summed E-state index contributed by atoms with van der Waals surface area (Å²) in [4.78, 5) is 40.4. The Bertz CT molecular complexity index is 1270. The van der Waals surface area contributed by atoms with Crippen molar-refractivity contribution in [3.63, 3.8) is 0 Å². The molecule has 0 radical (unpaired) electrons. The molecule has 5 rings (SSSR count). The predicted molar refractivity (Wildman–Crippen MR) is 130 cm³/mol. The molecule has 2 aliphatic rings. The number of amides is 3. The number of carbonyl (C=O) groups excluding carboxylic acids is 3. The zero-order valence-electron chi connectivity index (χ0n) is 19.0. The van der Waals surface area contributed by atoms with Crippen molar-refractivity contribution in [2.45, 2.75) is 37.8 Å². The first-order chi connectivity index (χ1) is 16.6. The number of nitrogens with zero attached hydrogens (tertiary/aromatic N) is 1. The second-order valence-corrected chi connectivity index (χ2v) is 8.75. The molecule has 174 valence electrons. The lowest BCUT2D eigenvalue weighted by atomic mass is 9.96. The van der Waals surface area contributed by atoms with Gasteiger partial charge in [0.25, 0.3) is 5.91 Å². The molecule has 2 aliphatic heterocycles. The van der Waals surface area contributed by atoms with Gasteiger partial charge in [-0.1, -0.05) is 42.5 Å². The maximum absolute atomic E-state index is 13.3. The second kappa shape index (κ2) is 9.17. The third-order valence-electron chi connectivity index (χ3n) is 6.77. The van der Waals surface area contributed by atoms with Crippen LogP contribution in [0.3, 0.4) is 0 Å². The average Bonchev–Trinajstić information content (AvgIpc) is 3.31. The summed E-state index contributed by atoms with van der Waals surface area (Å²) in [7, 11) is 1.66. The van der Waals surface area contributed by atoms with Gasteiger partial charge in [0.2, 0.25) is 11.8 Å². The van der Waals surface area contributed by atoms with E-state index >= 15 is 0 Å². The number of anilines is 1. The summed E-state index contributed by atoms with van der Waals surface area (Å²) in [6.07, 6.45) is 2.24. The molecule has 2 atom stereocenters. The van der Waals surface area contributed by atoms with Gasteiger partial charge in [-0.15, -0.1) is 0 Å². The van der Waals surface area contributed by atoms with Crippen LogP contribution in [0.2, 0.25) is 0 Å². The molecule has 2 N–H and O–H groups in total. The Labute approximate surface area is 198 Å². The van der Waals surface area contributed by atoms with Crippen molar-refractivity contribution >= 4 is 34.2 Å². The molecule has 3 aromatic rings. The van der Waals surface area contributed by atoms with Crippen LogP contribution in [0.15, 0.2) is 60.7 Å². The van der Waals surface area contributed by atoms with Gasteiger partial charge in [-0.2, -0.15) is 0 Å². The van der Waals surface area contributed by atoms with Crippen molar-refractivity contribution in [2.24, 2.45) is 0 Å². The Balaban J connectivity index is 1.32. The van der Waals surface area contributed by atoms with Crippen LogP contribution in [0.1, 0.15) is 47.6 Å². The predicted octanol–water partition coefficient (Wildman–Crippen LogP) is 4.04. The molecule has 7 heteroatoms. The maximum Gasteiger partial charge on any atom is 0.254 e. The normalized spacial score (nSPS) is 19.9. The molecule has 34 heavy (non-hydrogen) atoms. The largest absolute Gasteiger partial charge is 0.496 e. The first-order valence-corrected chi connectivity index (χ1v) is 11.6. The van der Waals surface area contributed by atoms with Gasteiger partial charge < -0.3 is 20.3 Å². The minimum absolute atomic E-state index is 0.00814. The molecule has 0 saturated carbocycles. The summed E-state index contributed by atoms with van der Waals surface area (Å²) in [6, 6.07) is 18.2. The molecule has 3 amide bonds. The minimum Gasteiger partial charge on any atom is -0.496 e. The maximum atomic E-state index is 13.3. The second-order valence-electron chi connectivity index (χ2n) is 8.75. The topological polar surface area (TPSA) is 87.7 Å². The number of nitrogens with one attached hydrogen (secondary N) is 2. The van der Waals surface area contributed by atoms with Gasteiger partial charge in [0.05, 0.1) is 24.4 Å². The number of ether oxygens (including phenoxy) is 1. The highest BCUT2D eigenvalue weighted by atomic mass is 16.5. The van der Waals surface area contributed by atoms with Crippen LogP contribution in [0.25, 0.3) is 10.8 Å². The van der Waals surface area contributed by atoms with E-state index in [0.717, 1.165) is 34.9 Å². The van der Waals surface area contributed by atoms with Crippen molar-refractivity contribution < 1.29 is 19.1 Å². The van der Waals surface area contributed by atoms with E-state index in [9.17, 15) is 14.4 Å². The van der Waals surface area contributed by atoms with E-state index in [-0.39, 0.29) is 36.6 Å². The highest BCUT2D eigenvalue weighted by Gasteiger charge is 2.33. The minimum atomic E-state index is -0.758. The quantitative estimate of drug-likeness (QED) is 0.605. The number of hydrogen-bond acceptors (Lipinski definition) is 4. The number of methoxy groups -OCH3 is 1. The molecule has 2 heterocycles. The van der Waals surface area contributed by atoms with Crippen molar-refractivity contribution in [3.8, 4) is 5.75 Å². The highest BCUT2D eigenvalue weighted by Crippen LogP contribution is 2.39. The summed E-state index contributed by atoms with van der Waals surface area (Å²) in [6.45, 7) is 0.679. The Morgan fingerprint density at radius 3 is 2.62 bits per heavy atom. The first kappa shape index (κ1) is 21.9. The first-order valence-electron chi connectivity index (χ1n) is 11.6. The van der Waals surface area contributed by atoms with Gasteiger partial charge in [-0.3, -0.25) is 14.4 Å². The Morgan fingerprint density at radius 2 is 1.79 bits per heavy atom. The highest BCUT2D eigenvalue weighted by molar-refractivity contribution is 6.09. The smallest absolute Gasteiger partial charge is 0.254 e. The van der Waals surface area contributed by atoms with E-state index in [1.54, 1.807) is 31.4 Å². The zero-order chi connectivity index (χ0) is 23.7. The van der Waals surface area contributed by atoms with Crippen LogP contribution in [0, 0.1) is 0 Å². The zero-order valence-corrected chi connectivity index (χ0v) is 19.0. The summed E-state index contributed by atoms with van der Waals surface area (Å²) >= 11 is 0. The molecule has 1 fully saturated rings. The SMILES string of the molecule is COc1ccc([C@@H]2CCCN2C(=O)CC[C@@H]2NC(=O)c3ccccc3NC2=O)c2ccccc12. The van der Waals surface area contributed by atoms with Crippen LogP contribution in [-0.2, 0) is 9.59 Å². The number of carbonyl (C=O) groups is 3. The van der Waals surface area contributed by atoms with Gasteiger partial charge in [0, 0.05) is 18.4 Å². The molecular formula is C27H27N3O4. The van der Waals surface area contributed by atoms with Crippen LogP contribution in [0.4, 0.5) is 5.69 Å². The number of para-hydroxylation sites is 1. The summed E-state index contributed by atoms with van der Waals surface area (Å²) < 4.78 is 5.52. The van der Waals surface area contributed by atoms with E-state index < -0.39 is 6.04 Å². The number of hydrogen-bond donors (Lipinski definition) is 2.